The zero-order valence-electron chi connectivity index (χ0n) is 18.5. The van der Waals surface area contributed by atoms with Gasteiger partial charge in [-0.15, -0.1) is 0 Å². The predicted octanol–water partition coefficient (Wildman–Crippen LogP) is 7.06. The van der Waals surface area contributed by atoms with Crippen molar-refractivity contribution in [3.8, 4) is 5.75 Å². The molecule has 3 aromatic rings. The van der Waals surface area contributed by atoms with Crippen LogP contribution in [0.25, 0.3) is 11.1 Å². The highest BCUT2D eigenvalue weighted by Crippen LogP contribution is 2.45. The molecule has 0 fully saturated rings. The van der Waals surface area contributed by atoms with Crippen molar-refractivity contribution in [3.05, 3.63) is 93.8 Å². The van der Waals surface area contributed by atoms with Gasteiger partial charge in [0, 0.05) is 6.20 Å². The number of carboxylic acid groups (broad SMARTS) is 1. The molecule has 2 aromatic carbocycles. The van der Waals surface area contributed by atoms with Gasteiger partial charge in [0.25, 0.3) is 0 Å². The second-order valence-electron chi connectivity index (χ2n) is 8.17. The average molecular weight is 489 g/mol. The van der Waals surface area contributed by atoms with Crippen LogP contribution in [0.5, 0.6) is 5.75 Å². The van der Waals surface area contributed by atoms with Crippen LogP contribution in [0.2, 0.25) is 0 Å². The standard InChI is InChI=1S/C26H20F5NO3/c1-14-19(25(33)34)10-15(12-32-14)17-4-2-5-18(17)20-11-16(8-9-22(20)26(29,30)31)35-13-21-23(27)6-3-7-24(21)28/h3,6-12H,2,4-5,13H2,1H3,(H,33,34). The number of pyridine rings is 1. The van der Waals surface area contributed by atoms with E-state index in [2.05, 4.69) is 4.98 Å². The highest BCUT2D eigenvalue weighted by Gasteiger charge is 2.35. The number of hydrogen-bond donors (Lipinski definition) is 1. The zero-order chi connectivity index (χ0) is 25.3. The fourth-order valence-corrected chi connectivity index (χ4v) is 4.21. The Balaban J connectivity index is 1.78. The number of halogens is 5. The van der Waals surface area contributed by atoms with E-state index in [1.54, 1.807) is 0 Å². The summed E-state index contributed by atoms with van der Waals surface area (Å²) in [5, 5.41) is 9.42. The van der Waals surface area contributed by atoms with Gasteiger partial charge in [0.2, 0.25) is 0 Å². The third-order valence-electron chi connectivity index (χ3n) is 5.95. The van der Waals surface area contributed by atoms with Crippen LogP contribution in [0.15, 0.2) is 48.7 Å². The monoisotopic (exact) mass is 489 g/mol. The van der Waals surface area contributed by atoms with Gasteiger partial charge in [0.15, 0.2) is 0 Å². The van der Waals surface area contributed by atoms with Crippen molar-refractivity contribution >= 4 is 17.1 Å². The fraction of sp³-hybridized carbons (Fsp3) is 0.231. The highest BCUT2D eigenvalue weighted by atomic mass is 19.4. The van der Waals surface area contributed by atoms with Crippen LogP contribution in [0.4, 0.5) is 22.0 Å². The Morgan fingerprint density at radius 3 is 2.40 bits per heavy atom. The third kappa shape index (κ3) is 5.03. The number of carbonyl (C=O) groups is 1. The molecule has 9 heteroatoms. The van der Waals surface area contributed by atoms with Crippen molar-refractivity contribution in [2.75, 3.05) is 0 Å². The van der Waals surface area contributed by atoms with Gasteiger partial charge >= 0.3 is 12.1 Å². The number of rotatable bonds is 6. The molecule has 0 saturated heterocycles. The van der Waals surface area contributed by atoms with Gasteiger partial charge in [-0.25, -0.2) is 13.6 Å². The Hall–Kier alpha value is -3.75. The predicted molar refractivity (Wildman–Crippen MR) is 119 cm³/mol. The zero-order valence-corrected chi connectivity index (χ0v) is 18.5. The molecule has 0 radical (unpaired) electrons. The topological polar surface area (TPSA) is 59.4 Å². The first-order chi connectivity index (χ1) is 16.6. The summed E-state index contributed by atoms with van der Waals surface area (Å²) >= 11 is 0. The van der Waals surface area contributed by atoms with E-state index in [0.717, 1.165) is 24.3 Å². The third-order valence-corrected chi connectivity index (χ3v) is 5.95. The largest absolute Gasteiger partial charge is 0.489 e. The molecule has 0 amide bonds. The normalized spacial score (nSPS) is 13.9. The summed E-state index contributed by atoms with van der Waals surface area (Å²) in [5.74, 6) is -2.80. The van der Waals surface area contributed by atoms with E-state index in [0.29, 0.717) is 41.7 Å². The van der Waals surface area contributed by atoms with Crippen molar-refractivity contribution in [1.29, 1.82) is 0 Å². The van der Waals surface area contributed by atoms with E-state index >= 15 is 0 Å². The molecule has 182 valence electrons. The van der Waals surface area contributed by atoms with Crippen LogP contribution in [-0.4, -0.2) is 16.1 Å². The molecular weight excluding hydrogens is 469 g/mol. The van der Waals surface area contributed by atoms with E-state index < -0.39 is 36.0 Å². The first-order valence-corrected chi connectivity index (χ1v) is 10.8. The Kier molecular flexibility index (Phi) is 6.60. The number of aryl methyl sites for hydroxylation is 1. The second-order valence-corrected chi connectivity index (χ2v) is 8.17. The van der Waals surface area contributed by atoms with Crippen molar-refractivity contribution in [3.63, 3.8) is 0 Å². The van der Waals surface area contributed by atoms with Crippen molar-refractivity contribution < 1.29 is 36.6 Å². The lowest BCUT2D eigenvalue weighted by molar-refractivity contribution is -0.137. The fourth-order valence-electron chi connectivity index (χ4n) is 4.21. The number of benzene rings is 2. The Morgan fingerprint density at radius 1 is 1.06 bits per heavy atom. The van der Waals surface area contributed by atoms with Crippen LogP contribution in [0.1, 0.15) is 57.6 Å². The Labute approximate surface area is 197 Å². The summed E-state index contributed by atoms with van der Waals surface area (Å²) in [6.45, 7) is 1.04. The molecule has 0 atom stereocenters. The number of carboxylic acids is 1. The van der Waals surface area contributed by atoms with Crippen LogP contribution in [0.3, 0.4) is 0 Å². The summed E-state index contributed by atoms with van der Waals surface area (Å²) in [6, 6.07) is 7.95. The summed E-state index contributed by atoms with van der Waals surface area (Å²) in [4.78, 5) is 15.6. The second kappa shape index (κ2) is 9.48. The molecule has 0 saturated carbocycles. The summed E-state index contributed by atoms with van der Waals surface area (Å²) in [7, 11) is 0. The van der Waals surface area contributed by atoms with Gasteiger partial charge in [-0.05, 0) is 84.9 Å². The lowest BCUT2D eigenvalue weighted by Crippen LogP contribution is -2.10. The first-order valence-electron chi connectivity index (χ1n) is 10.8. The first kappa shape index (κ1) is 24.4. The number of aromatic carboxylic acids is 1. The van der Waals surface area contributed by atoms with E-state index in [1.165, 1.54) is 31.3 Å². The molecule has 0 bridgehead atoms. The molecule has 1 heterocycles. The smallest absolute Gasteiger partial charge is 0.417 e. The number of allylic oxidation sites excluding steroid dienone is 2. The lowest BCUT2D eigenvalue weighted by atomic mass is 9.93. The maximum atomic E-state index is 13.9. The molecule has 4 rings (SSSR count). The maximum absolute atomic E-state index is 13.9. The Morgan fingerprint density at radius 2 is 1.74 bits per heavy atom. The number of aromatic nitrogens is 1. The number of alkyl halides is 3. The van der Waals surface area contributed by atoms with Crippen LogP contribution < -0.4 is 4.74 Å². The lowest BCUT2D eigenvalue weighted by Gasteiger charge is -2.18. The Bertz CT molecular complexity index is 1310. The van der Waals surface area contributed by atoms with Gasteiger partial charge in [-0.2, -0.15) is 13.2 Å². The molecule has 1 aromatic heterocycles. The highest BCUT2D eigenvalue weighted by molar-refractivity contribution is 5.96. The molecule has 0 aliphatic heterocycles. The SMILES string of the molecule is Cc1ncc(C2=C(c3cc(OCc4c(F)cccc4F)ccc3C(F)(F)F)CCC2)cc1C(=O)O. The van der Waals surface area contributed by atoms with Gasteiger partial charge in [-0.3, -0.25) is 4.98 Å². The maximum Gasteiger partial charge on any atom is 0.417 e. The number of ether oxygens (including phenoxy) is 1. The molecule has 1 N–H and O–H groups in total. The quantitative estimate of drug-likeness (QED) is 0.377. The molecule has 35 heavy (non-hydrogen) atoms. The van der Waals surface area contributed by atoms with Crippen molar-refractivity contribution in [2.24, 2.45) is 0 Å². The van der Waals surface area contributed by atoms with E-state index in [4.69, 9.17) is 4.74 Å². The van der Waals surface area contributed by atoms with E-state index in [1.807, 2.05) is 0 Å². The molecule has 4 nitrogen and oxygen atoms in total. The summed E-state index contributed by atoms with van der Waals surface area (Å²) < 4.78 is 75.0. The van der Waals surface area contributed by atoms with Crippen LogP contribution >= 0.6 is 0 Å². The van der Waals surface area contributed by atoms with Gasteiger partial charge < -0.3 is 9.84 Å². The summed E-state index contributed by atoms with van der Waals surface area (Å²) in [6.07, 6.45) is -1.85. The minimum Gasteiger partial charge on any atom is -0.489 e. The molecule has 0 unspecified atom stereocenters. The van der Waals surface area contributed by atoms with Gasteiger partial charge in [-0.1, -0.05) is 6.07 Å². The van der Waals surface area contributed by atoms with E-state index in [-0.39, 0.29) is 22.4 Å². The van der Waals surface area contributed by atoms with Crippen LogP contribution in [-0.2, 0) is 12.8 Å². The van der Waals surface area contributed by atoms with Gasteiger partial charge in [0.05, 0.1) is 22.4 Å². The van der Waals surface area contributed by atoms with Crippen molar-refractivity contribution in [2.45, 2.75) is 39.0 Å². The van der Waals surface area contributed by atoms with Crippen LogP contribution in [0, 0.1) is 18.6 Å². The average Bonchev–Trinajstić information content (AvgIpc) is 3.28. The van der Waals surface area contributed by atoms with Crippen molar-refractivity contribution in [1.82, 2.24) is 4.98 Å². The number of nitrogens with zero attached hydrogens (tertiary/aromatic N) is 1. The molecular formula is C26H20F5NO3. The molecule has 0 spiro atoms. The van der Waals surface area contributed by atoms with Gasteiger partial charge in [0.1, 0.15) is 24.0 Å². The molecule has 1 aliphatic carbocycles. The minimum atomic E-state index is -4.66. The minimum absolute atomic E-state index is 0.0164. The summed E-state index contributed by atoms with van der Waals surface area (Å²) in [5.41, 5.74) is 0.359. The molecule has 1 aliphatic rings. The van der Waals surface area contributed by atoms with E-state index in [9.17, 15) is 31.9 Å². The number of hydrogen-bond acceptors (Lipinski definition) is 3.